The Hall–Kier alpha value is -1.10. The minimum atomic E-state index is -0.787. The lowest BCUT2D eigenvalue weighted by Gasteiger charge is -2.42. The summed E-state index contributed by atoms with van der Waals surface area (Å²) in [6.07, 6.45) is 2.73. The summed E-state index contributed by atoms with van der Waals surface area (Å²) >= 11 is 0. The second kappa shape index (κ2) is 7.62. The number of aliphatic carboxylic acids is 1. The molecule has 0 spiro atoms. The maximum Gasteiger partial charge on any atom is 0.317 e. The number of hydrogen-bond donors (Lipinski definition) is 2. The summed E-state index contributed by atoms with van der Waals surface area (Å²) in [7, 11) is 0. The number of likely N-dealkylation sites (N-methyl/N-ethyl adjacent to an activating group) is 1. The Morgan fingerprint density at radius 2 is 1.90 bits per heavy atom. The van der Waals surface area contributed by atoms with Gasteiger partial charge < -0.3 is 10.4 Å². The number of carboxylic acids is 1. The Balaban J connectivity index is 2.34. The highest BCUT2D eigenvalue weighted by Gasteiger charge is 2.35. The average Bonchev–Trinajstić information content (AvgIpc) is 2.37. The Morgan fingerprint density at radius 1 is 1.30 bits per heavy atom. The molecule has 0 heterocycles. The molecule has 1 aliphatic rings. The van der Waals surface area contributed by atoms with E-state index in [-0.39, 0.29) is 24.4 Å². The van der Waals surface area contributed by atoms with Crippen molar-refractivity contribution < 1.29 is 14.7 Å². The van der Waals surface area contributed by atoms with Gasteiger partial charge in [-0.25, -0.2) is 0 Å². The van der Waals surface area contributed by atoms with Crippen LogP contribution in [0.3, 0.4) is 0 Å². The summed E-state index contributed by atoms with van der Waals surface area (Å²) in [6.45, 7) is 8.96. The van der Waals surface area contributed by atoms with Gasteiger partial charge >= 0.3 is 5.97 Å². The first-order valence-corrected chi connectivity index (χ1v) is 7.65. The zero-order valence-electron chi connectivity index (χ0n) is 13.1. The van der Waals surface area contributed by atoms with Crippen LogP contribution in [0.5, 0.6) is 0 Å². The van der Waals surface area contributed by atoms with E-state index in [9.17, 15) is 9.59 Å². The van der Waals surface area contributed by atoms with Crippen molar-refractivity contribution >= 4 is 11.9 Å². The lowest BCUT2D eigenvalue weighted by molar-refractivity contribution is -0.140. The van der Waals surface area contributed by atoms with Crippen LogP contribution in [0.25, 0.3) is 0 Å². The van der Waals surface area contributed by atoms with Gasteiger partial charge in [0.1, 0.15) is 0 Å². The van der Waals surface area contributed by atoms with Crippen LogP contribution >= 0.6 is 0 Å². The number of rotatable bonds is 8. The molecular formula is C15H28N2O3. The third-order valence-corrected chi connectivity index (χ3v) is 4.63. The first kappa shape index (κ1) is 17.0. The highest BCUT2D eigenvalue weighted by atomic mass is 16.4. The molecule has 2 atom stereocenters. The molecule has 20 heavy (non-hydrogen) atoms. The molecule has 0 radical (unpaired) electrons. The molecule has 1 aliphatic carbocycles. The molecule has 1 amide bonds. The summed E-state index contributed by atoms with van der Waals surface area (Å²) in [5, 5.41) is 11.9. The third-order valence-electron chi connectivity index (χ3n) is 4.63. The second-order valence-electron chi connectivity index (χ2n) is 5.96. The van der Waals surface area contributed by atoms with Crippen LogP contribution < -0.4 is 5.32 Å². The molecule has 0 saturated heterocycles. The predicted octanol–water partition coefficient (Wildman–Crippen LogP) is 1.72. The quantitative estimate of drug-likeness (QED) is 0.712. The number of nitrogens with zero attached hydrogens (tertiary/aromatic N) is 1. The van der Waals surface area contributed by atoms with Gasteiger partial charge in [0.15, 0.2) is 0 Å². The van der Waals surface area contributed by atoms with Crippen molar-refractivity contribution in [3.05, 3.63) is 0 Å². The molecule has 0 bridgehead atoms. The van der Waals surface area contributed by atoms with Gasteiger partial charge in [0, 0.05) is 18.0 Å². The molecule has 0 aromatic heterocycles. The largest absolute Gasteiger partial charge is 0.480 e. The maximum absolute atomic E-state index is 12.1. The molecule has 1 rings (SSSR count). The molecule has 5 nitrogen and oxygen atoms in total. The lowest BCUT2D eigenvalue weighted by atomic mass is 9.84. The number of carbonyl (C=O) groups excluding carboxylic acids is 1. The lowest BCUT2D eigenvalue weighted by Crippen LogP contribution is -2.55. The van der Waals surface area contributed by atoms with Crippen LogP contribution in [0, 0.1) is 11.8 Å². The van der Waals surface area contributed by atoms with Gasteiger partial charge in [0.25, 0.3) is 0 Å². The van der Waals surface area contributed by atoms with E-state index < -0.39 is 5.97 Å². The number of carboxylic acid groups (broad SMARTS) is 1. The first-order valence-electron chi connectivity index (χ1n) is 7.65. The minimum absolute atomic E-state index is 0.0420. The van der Waals surface area contributed by atoms with Gasteiger partial charge in [-0.15, -0.1) is 0 Å². The molecular weight excluding hydrogens is 256 g/mol. The van der Waals surface area contributed by atoms with E-state index in [1.54, 1.807) is 0 Å². The Labute approximate surface area is 121 Å². The number of amides is 1. The fourth-order valence-corrected chi connectivity index (χ4v) is 2.62. The third kappa shape index (κ3) is 4.47. The van der Waals surface area contributed by atoms with Crippen molar-refractivity contribution in [1.29, 1.82) is 0 Å². The van der Waals surface area contributed by atoms with E-state index in [1.807, 2.05) is 18.7 Å². The molecule has 0 aliphatic heterocycles. The smallest absolute Gasteiger partial charge is 0.317 e. The average molecular weight is 284 g/mol. The Morgan fingerprint density at radius 3 is 2.35 bits per heavy atom. The van der Waals surface area contributed by atoms with Gasteiger partial charge in [-0.05, 0) is 25.3 Å². The fourth-order valence-electron chi connectivity index (χ4n) is 2.62. The van der Waals surface area contributed by atoms with E-state index in [4.69, 9.17) is 5.11 Å². The van der Waals surface area contributed by atoms with Gasteiger partial charge in [-0.1, -0.05) is 34.1 Å². The highest BCUT2D eigenvalue weighted by molar-refractivity contribution is 5.79. The van der Waals surface area contributed by atoms with Crippen LogP contribution in [0.1, 0.15) is 47.0 Å². The Bertz CT molecular complexity index is 340. The van der Waals surface area contributed by atoms with E-state index >= 15 is 0 Å². The van der Waals surface area contributed by atoms with Gasteiger partial charge in [-0.3, -0.25) is 14.5 Å². The summed E-state index contributed by atoms with van der Waals surface area (Å²) in [4.78, 5) is 24.8. The molecule has 2 unspecified atom stereocenters. The second-order valence-corrected chi connectivity index (χ2v) is 5.96. The molecule has 1 saturated carbocycles. The number of hydrogen-bond acceptors (Lipinski definition) is 3. The van der Waals surface area contributed by atoms with E-state index in [2.05, 4.69) is 19.2 Å². The van der Waals surface area contributed by atoms with Crippen LogP contribution in [0.4, 0.5) is 0 Å². The summed E-state index contributed by atoms with van der Waals surface area (Å²) in [5.74, 6) is -0.223. The van der Waals surface area contributed by atoms with Gasteiger partial charge in [0.05, 0.1) is 6.54 Å². The summed E-state index contributed by atoms with van der Waals surface area (Å²) in [6, 6.07) is 0.502. The molecule has 5 heteroatoms. The van der Waals surface area contributed by atoms with Gasteiger partial charge in [0.2, 0.25) is 5.91 Å². The predicted molar refractivity (Wildman–Crippen MR) is 78.5 cm³/mol. The standard InChI is InChI=1S/C15H28N2O3/c1-5-10(3)11(4)15(20)16-12-7-13(8-12)17(6-2)9-14(18)19/h10-13H,5-9H2,1-4H3,(H,16,20)(H,18,19). The van der Waals surface area contributed by atoms with Crippen molar-refractivity contribution in [2.45, 2.75) is 59.0 Å². The van der Waals surface area contributed by atoms with Crippen molar-refractivity contribution in [1.82, 2.24) is 10.2 Å². The topological polar surface area (TPSA) is 69.6 Å². The van der Waals surface area contributed by atoms with Crippen molar-refractivity contribution in [3.63, 3.8) is 0 Å². The van der Waals surface area contributed by atoms with E-state index in [1.165, 1.54) is 0 Å². The minimum Gasteiger partial charge on any atom is -0.480 e. The summed E-state index contributed by atoms with van der Waals surface area (Å²) in [5.41, 5.74) is 0. The molecule has 116 valence electrons. The highest BCUT2D eigenvalue weighted by Crippen LogP contribution is 2.26. The zero-order valence-corrected chi connectivity index (χ0v) is 13.1. The van der Waals surface area contributed by atoms with E-state index in [0.29, 0.717) is 12.0 Å². The number of carbonyl (C=O) groups is 2. The van der Waals surface area contributed by atoms with Crippen LogP contribution in [-0.4, -0.2) is 47.1 Å². The van der Waals surface area contributed by atoms with Crippen LogP contribution in [0.2, 0.25) is 0 Å². The molecule has 2 N–H and O–H groups in total. The van der Waals surface area contributed by atoms with Crippen molar-refractivity contribution in [2.24, 2.45) is 11.8 Å². The maximum atomic E-state index is 12.1. The number of nitrogens with one attached hydrogen (secondary N) is 1. The monoisotopic (exact) mass is 284 g/mol. The SMILES string of the molecule is CCC(C)C(C)C(=O)NC1CC(N(CC)CC(=O)O)C1. The first-order chi connectivity index (χ1) is 9.38. The fraction of sp³-hybridized carbons (Fsp3) is 0.867. The van der Waals surface area contributed by atoms with Crippen molar-refractivity contribution in [3.8, 4) is 0 Å². The van der Waals surface area contributed by atoms with Gasteiger partial charge in [-0.2, -0.15) is 0 Å². The zero-order chi connectivity index (χ0) is 15.3. The molecule has 0 aromatic carbocycles. The Kier molecular flexibility index (Phi) is 6.46. The molecule has 0 aromatic rings. The van der Waals surface area contributed by atoms with E-state index in [0.717, 1.165) is 25.8 Å². The van der Waals surface area contributed by atoms with Crippen LogP contribution in [-0.2, 0) is 9.59 Å². The molecule has 1 fully saturated rings. The normalized spacial score (nSPS) is 24.9. The van der Waals surface area contributed by atoms with Crippen molar-refractivity contribution in [2.75, 3.05) is 13.1 Å². The van der Waals surface area contributed by atoms with Crippen LogP contribution in [0.15, 0.2) is 0 Å². The summed E-state index contributed by atoms with van der Waals surface area (Å²) < 4.78 is 0.